The summed E-state index contributed by atoms with van der Waals surface area (Å²) in [6.45, 7) is 0. The molecule has 15 heavy (non-hydrogen) atoms. The highest BCUT2D eigenvalue weighted by Crippen LogP contribution is 2.38. The summed E-state index contributed by atoms with van der Waals surface area (Å²) in [5.41, 5.74) is 0.752. The van der Waals surface area contributed by atoms with Gasteiger partial charge in [0.2, 0.25) is 0 Å². The average molecular weight is 201 g/mol. The van der Waals surface area contributed by atoms with Gasteiger partial charge < -0.3 is 9.55 Å². The fraction of sp³-hybridized carbons (Fsp3) is 0.273. The lowest BCUT2D eigenvalue weighted by Crippen LogP contribution is -2.15. The number of hydrogen-bond donors (Lipinski definition) is 1. The molecule has 1 fully saturated rings. The van der Waals surface area contributed by atoms with Gasteiger partial charge in [0.25, 0.3) is 0 Å². The van der Waals surface area contributed by atoms with E-state index in [-0.39, 0.29) is 5.69 Å². The molecule has 1 aliphatic carbocycles. The fourth-order valence-corrected chi connectivity index (χ4v) is 1.70. The quantitative estimate of drug-likeness (QED) is 0.799. The van der Waals surface area contributed by atoms with Crippen LogP contribution in [0.4, 0.5) is 0 Å². The third-order valence-electron chi connectivity index (χ3n) is 2.64. The highest BCUT2D eigenvalue weighted by atomic mass is 16.1. The van der Waals surface area contributed by atoms with E-state index in [4.69, 9.17) is 0 Å². The van der Waals surface area contributed by atoms with Crippen LogP contribution in [0, 0.1) is 0 Å². The van der Waals surface area contributed by atoms with Crippen LogP contribution in [-0.2, 0) is 0 Å². The van der Waals surface area contributed by atoms with Gasteiger partial charge in [0.15, 0.2) is 0 Å². The molecule has 76 valence electrons. The van der Waals surface area contributed by atoms with Gasteiger partial charge in [-0.15, -0.1) is 0 Å². The predicted molar refractivity (Wildman–Crippen MR) is 56.2 cm³/mol. The zero-order valence-corrected chi connectivity index (χ0v) is 8.18. The molecule has 4 nitrogen and oxygen atoms in total. The largest absolute Gasteiger partial charge is 0.347 e. The van der Waals surface area contributed by atoms with Gasteiger partial charge in [-0.2, -0.15) is 4.98 Å². The van der Waals surface area contributed by atoms with Gasteiger partial charge in [0.05, 0.1) is 0 Å². The maximum absolute atomic E-state index is 11.4. The molecule has 2 aromatic heterocycles. The van der Waals surface area contributed by atoms with Crippen LogP contribution in [0.3, 0.4) is 0 Å². The van der Waals surface area contributed by atoms with E-state index < -0.39 is 0 Å². The molecule has 0 unspecified atom stereocenters. The van der Waals surface area contributed by atoms with Crippen LogP contribution >= 0.6 is 0 Å². The first-order chi connectivity index (χ1) is 7.33. The Hall–Kier alpha value is -1.84. The van der Waals surface area contributed by atoms with Crippen molar-refractivity contribution in [2.75, 3.05) is 0 Å². The first-order valence-corrected chi connectivity index (χ1v) is 5.07. The van der Waals surface area contributed by atoms with Crippen molar-refractivity contribution in [1.29, 1.82) is 0 Å². The summed E-state index contributed by atoms with van der Waals surface area (Å²) < 4.78 is 1.85. The van der Waals surface area contributed by atoms with Crippen molar-refractivity contribution in [3.05, 3.63) is 46.8 Å². The SMILES string of the molecule is O=c1nc(-n2cccc2)cc(C2CC2)[nH]1. The van der Waals surface area contributed by atoms with Crippen LogP contribution in [0.15, 0.2) is 35.4 Å². The van der Waals surface area contributed by atoms with Gasteiger partial charge >= 0.3 is 5.69 Å². The average Bonchev–Trinajstić information content (AvgIpc) is 2.93. The summed E-state index contributed by atoms with van der Waals surface area (Å²) in [4.78, 5) is 18.1. The summed E-state index contributed by atoms with van der Waals surface area (Å²) in [6, 6.07) is 5.79. The van der Waals surface area contributed by atoms with Crippen LogP contribution in [0.1, 0.15) is 24.5 Å². The number of aromatic amines is 1. The maximum Gasteiger partial charge on any atom is 0.347 e. The lowest BCUT2D eigenvalue weighted by atomic mass is 10.3. The van der Waals surface area contributed by atoms with E-state index in [1.807, 2.05) is 35.2 Å². The summed E-state index contributed by atoms with van der Waals surface area (Å²) in [5.74, 6) is 1.24. The van der Waals surface area contributed by atoms with Crippen LogP contribution in [-0.4, -0.2) is 14.5 Å². The van der Waals surface area contributed by atoms with Gasteiger partial charge in [-0.1, -0.05) is 0 Å². The standard InChI is InChI=1S/C11H11N3O/c15-11-12-9(8-3-4-8)7-10(13-11)14-5-1-2-6-14/h1-2,5-8H,3-4H2,(H,12,13,15). The first kappa shape index (κ1) is 8.47. The molecule has 0 aromatic carbocycles. The molecular weight excluding hydrogens is 190 g/mol. The number of aromatic nitrogens is 3. The van der Waals surface area contributed by atoms with E-state index in [2.05, 4.69) is 9.97 Å². The van der Waals surface area contributed by atoms with Crippen LogP contribution in [0.25, 0.3) is 5.82 Å². The summed E-state index contributed by atoms with van der Waals surface area (Å²) in [6.07, 6.45) is 6.12. The molecule has 0 spiro atoms. The van der Waals surface area contributed by atoms with E-state index in [9.17, 15) is 4.79 Å². The van der Waals surface area contributed by atoms with E-state index in [1.54, 1.807) is 0 Å². The van der Waals surface area contributed by atoms with E-state index >= 15 is 0 Å². The van der Waals surface area contributed by atoms with Gasteiger partial charge in [-0.3, -0.25) is 0 Å². The zero-order chi connectivity index (χ0) is 10.3. The zero-order valence-electron chi connectivity index (χ0n) is 8.18. The molecule has 3 rings (SSSR count). The minimum absolute atomic E-state index is 0.261. The van der Waals surface area contributed by atoms with Crippen molar-refractivity contribution < 1.29 is 0 Å². The molecule has 1 N–H and O–H groups in total. The van der Waals surface area contributed by atoms with Crippen molar-refractivity contribution in [2.24, 2.45) is 0 Å². The molecule has 0 atom stereocenters. The molecule has 0 aliphatic heterocycles. The second-order valence-corrected chi connectivity index (χ2v) is 3.86. The van der Waals surface area contributed by atoms with Gasteiger partial charge in [0, 0.05) is 24.2 Å². The number of nitrogens with zero attached hydrogens (tertiary/aromatic N) is 2. The molecule has 4 heteroatoms. The van der Waals surface area contributed by atoms with Crippen molar-refractivity contribution >= 4 is 0 Å². The number of hydrogen-bond acceptors (Lipinski definition) is 2. The molecule has 1 aliphatic rings. The molecule has 2 heterocycles. The second kappa shape index (κ2) is 3.08. The Kier molecular flexibility index (Phi) is 1.74. The normalized spacial score (nSPS) is 15.5. The van der Waals surface area contributed by atoms with Crippen LogP contribution in [0.5, 0.6) is 0 Å². The lowest BCUT2D eigenvalue weighted by molar-refractivity contribution is 0.895. The summed E-state index contributed by atoms with van der Waals surface area (Å²) in [5, 5.41) is 0. The monoisotopic (exact) mass is 201 g/mol. The van der Waals surface area contributed by atoms with Crippen molar-refractivity contribution in [3.63, 3.8) is 0 Å². The van der Waals surface area contributed by atoms with Gasteiger partial charge in [-0.25, -0.2) is 4.79 Å². The molecule has 0 amide bonds. The minimum atomic E-state index is -0.261. The third kappa shape index (κ3) is 1.58. The molecule has 0 saturated heterocycles. The van der Waals surface area contributed by atoms with Crippen LogP contribution in [0.2, 0.25) is 0 Å². The fourth-order valence-electron chi connectivity index (χ4n) is 1.70. The van der Waals surface area contributed by atoms with Gasteiger partial charge in [0.1, 0.15) is 5.82 Å². The first-order valence-electron chi connectivity index (χ1n) is 5.07. The molecule has 1 saturated carbocycles. The maximum atomic E-state index is 11.4. The Morgan fingerprint density at radius 2 is 2.07 bits per heavy atom. The number of H-pyrrole nitrogens is 1. The van der Waals surface area contributed by atoms with Gasteiger partial charge in [-0.05, 0) is 30.9 Å². The predicted octanol–water partition coefficient (Wildman–Crippen LogP) is 1.44. The smallest absolute Gasteiger partial charge is 0.309 e. The van der Waals surface area contributed by atoms with Crippen molar-refractivity contribution in [2.45, 2.75) is 18.8 Å². The highest BCUT2D eigenvalue weighted by Gasteiger charge is 2.25. The third-order valence-corrected chi connectivity index (χ3v) is 2.64. The molecule has 0 bridgehead atoms. The molecule has 2 aromatic rings. The lowest BCUT2D eigenvalue weighted by Gasteiger charge is -2.03. The highest BCUT2D eigenvalue weighted by molar-refractivity contribution is 5.28. The number of nitrogens with one attached hydrogen (secondary N) is 1. The Balaban J connectivity index is 2.11. The van der Waals surface area contributed by atoms with Crippen LogP contribution < -0.4 is 5.69 Å². The van der Waals surface area contributed by atoms with E-state index in [0.29, 0.717) is 11.7 Å². The van der Waals surface area contributed by atoms with E-state index in [1.165, 1.54) is 12.8 Å². The Morgan fingerprint density at radius 1 is 1.33 bits per heavy atom. The molecule has 0 radical (unpaired) electrons. The second-order valence-electron chi connectivity index (χ2n) is 3.86. The number of rotatable bonds is 2. The summed E-state index contributed by atoms with van der Waals surface area (Å²) in [7, 11) is 0. The topological polar surface area (TPSA) is 50.7 Å². The molecular formula is C11H11N3O. The Labute approximate surface area is 86.6 Å². The minimum Gasteiger partial charge on any atom is -0.309 e. The Bertz CT molecular complexity index is 523. The summed E-state index contributed by atoms with van der Waals surface area (Å²) >= 11 is 0. The van der Waals surface area contributed by atoms with E-state index in [0.717, 1.165) is 5.69 Å². The van der Waals surface area contributed by atoms with Crippen molar-refractivity contribution in [3.8, 4) is 5.82 Å². The van der Waals surface area contributed by atoms with Crippen molar-refractivity contribution in [1.82, 2.24) is 14.5 Å². The Morgan fingerprint density at radius 3 is 2.73 bits per heavy atom.